The molecule has 32 heavy (non-hydrogen) atoms. The van der Waals surface area contributed by atoms with Crippen molar-refractivity contribution in [2.24, 2.45) is 0 Å². The summed E-state index contributed by atoms with van der Waals surface area (Å²) in [7, 11) is 0. The van der Waals surface area contributed by atoms with E-state index in [1.165, 1.54) is 12.3 Å². The molecule has 0 aliphatic heterocycles. The highest BCUT2D eigenvalue weighted by atomic mass is 19.1. The number of halogens is 1. The highest BCUT2D eigenvalue weighted by molar-refractivity contribution is 6.03. The number of rotatable bonds is 6. The zero-order chi connectivity index (χ0) is 22.5. The van der Waals surface area contributed by atoms with Gasteiger partial charge in [0.15, 0.2) is 0 Å². The average molecular weight is 426 g/mol. The Kier molecular flexibility index (Phi) is 5.94. The smallest absolute Gasteiger partial charge is 0.258 e. The van der Waals surface area contributed by atoms with Gasteiger partial charge in [0.1, 0.15) is 17.5 Å². The molecule has 0 saturated carbocycles. The fourth-order valence-corrected chi connectivity index (χ4v) is 3.16. The third kappa shape index (κ3) is 4.49. The van der Waals surface area contributed by atoms with Gasteiger partial charge in [0.2, 0.25) is 0 Å². The number of benzene rings is 1. The van der Waals surface area contributed by atoms with Crippen LogP contribution in [0, 0.1) is 18.2 Å². The molecule has 0 aliphatic carbocycles. The first-order chi connectivity index (χ1) is 15.5. The Morgan fingerprint density at radius 2 is 2.03 bits per heavy atom. The predicted molar refractivity (Wildman–Crippen MR) is 122 cm³/mol. The summed E-state index contributed by atoms with van der Waals surface area (Å²) in [6.45, 7) is 1.69. The molecule has 3 aromatic heterocycles. The Morgan fingerprint density at radius 1 is 1.16 bits per heavy atom. The first-order valence-corrected chi connectivity index (χ1v) is 9.76. The number of carbonyl (C=O) groups excluding carboxylic acids is 1. The van der Waals surface area contributed by atoms with E-state index in [0.717, 1.165) is 17.3 Å². The first kappa shape index (κ1) is 20.8. The molecular weight excluding hydrogens is 407 g/mol. The number of carbonyl (C=O) groups is 1. The highest BCUT2D eigenvalue weighted by Gasteiger charge is 2.16. The summed E-state index contributed by atoms with van der Waals surface area (Å²) in [5, 5.41) is 9.98. The second kappa shape index (κ2) is 9.13. The maximum Gasteiger partial charge on any atom is 0.258 e. The van der Waals surface area contributed by atoms with Crippen molar-refractivity contribution in [3.63, 3.8) is 0 Å². The monoisotopic (exact) mass is 426 g/mol. The van der Waals surface area contributed by atoms with Gasteiger partial charge in [-0.15, -0.1) is 0 Å². The van der Waals surface area contributed by atoms with E-state index in [1.807, 2.05) is 0 Å². The van der Waals surface area contributed by atoms with Gasteiger partial charge < -0.3 is 15.7 Å². The van der Waals surface area contributed by atoms with E-state index >= 15 is 0 Å². The molecule has 0 saturated heterocycles. The van der Waals surface area contributed by atoms with Crippen molar-refractivity contribution < 1.29 is 9.18 Å². The number of aromatic amines is 1. The second-order valence-electron chi connectivity index (χ2n) is 6.96. The number of H-pyrrole nitrogens is 1. The molecule has 4 rings (SSSR count). The Balaban J connectivity index is 1.73. The minimum atomic E-state index is -0.323. The number of aryl methyl sites for hydroxylation is 1. The summed E-state index contributed by atoms with van der Waals surface area (Å²) in [5.74, 6) is 0.289. The average Bonchev–Trinajstić information content (AvgIpc) is 3.24. The third-order valence-corrected chi connectivity index (χ3v) is 4.72. The highest BCUT2D eigenvalue weighted by Crippen LogP contribution is 2.32. The van der Waals surface area contributed by atoms with Crippen LogP contribution in [0.3, 0.4) is 0 Å². The number of hydrogen-bond acceptors (Lipinski definition) is 5. The number of nitrogens with zero attached hydrogens (tertiary/aromatic N) is 3. The summed E-state index contributed by atoms with van der Waals surface area (Å²) in [4.78, 5) is 28.5. The van der Waals surface area contributed by atoms with Crippen molar-refractivity contribution in [3.8, 4) is 22.5 Å². The molecular formula is C24H19FN6O. The van der Waals surface area contributed by atoms with Crippen molar-refractivity contribution in [1.82, 2.24) is 19.9 Å². The van der Waals surface area contributed by atoms with Crippen LogP contribution in [-0.2, 0) is 0 Å². The lowest BCUT2D eigenvalue weighted by Crippen LogP contribution is -2.13. The quantitative estimate of drug-likeness (QED) is 0.381. The fraction of sp³-hybridized carbons (Fsp3) is 0.0417. The largest absolute Gasteiger partial charge is 0.338 e. The van der Waals surface area contributed by atoms with Crippen molar-refractivity contribution in [3.05, 3.63) is 89.9 Å². The molecule has 3 heterocycles. The lowest BCUT2D eigenvalue weighted by Gasteiger charge is -2.08. The van der Waals surface area contributed by atoms with Crippen LogP contribution >= 0.6 is 0 Å². The van der Waals surface area contributed by atoms with E-state index in [0.29, 0.717) is 34.2 Å². The second-order valence-corrected chi connectivity index (χ2v) is 6.96. The maximum atomic E-state index is 13.8. The molecule has 0 fully saturated rings. The number of amides is 1. The van der Waals surface area contributed by atoms with Gasteiger partial charge >= 0.3 is 0 Å². The third-order valence-electron chi connectivity index (χ3n) is 4.72. The van der Waals surface area contributed by atoms with Crippen molar-refractivity contribution in [2.45, 2.75) is 6.92 Å². The van der Waals surface area contributed by atoms with Gasteiger partial charge in [0, 0.05) is 35.9 Å². The van der Waals surface area contributed by atoms with Crippen LogP contribution in [0.2, 0.25) is 0 Å². The van der Waals surface area contributed by atoms with Gasteiger partial charge in [-0.1, -0.05) is 0 Å². The molecule has 8 heteroatoms. The molecule has 4 aromatic rings. The molecule has 7 nitrogen and oxygen atoms in total. The number of nitrogens with one attached hydrogen (secondary N) is 3. The molecule has 0 radical (unpaired) electrons. The van der Waals surface area contributed by atoms with Gasteiger partial charge in [-0.2, -0.15) is 0 Å². The lowest BCUT2D eigenvalue weighted by molar-refractivity contribution is 0.102. The molecule has 0 bridgehead atoms. The van der Waals surface area contributed by atoms with Crippen LogP contribution in [-0.4, -0.2) is 32.1 Å². The van der Waals surface area contributed by atoms with E-state index in [9.17, 15) is 9.18 Å². The summed E-state index contributed by atoms with van der Waals surface area (Å²) in [6, 6.07) is 11.7. The van der Waals surface area contributed by atoms with Gasteiger partial charge in [0.05, 0.1) is 17.0 Å². The first-order valence-electron chi connectivity index (χ1n) is 9.76. The van der Waals surface area contributed by atoms with Crippen molar-refractivity contribution in [2.75, 3.05) is 5.32 Å². The molecule has 1 aromatic carbocycles. The molecule has 1 amide bonds. The molecule has 3 N–H and O–H groups in total. The number of anilines is 1. The zero-order valence-electron chi connectivity index (χ0n) is 17.1. The maximum absolute atomic E-state index is 13.8. The van der Waals surface area contributed by atoms with Crippen molar-refractivity contribution in [1.29, 1.82) is 5.41 Å². The van der Waals surface area contributed by atoms with Crippen LogP contribution in [0.1, 0.15) is 21.7 Å². The summed E-state index contributed by atoms with van der Waals surface area (Å²) in [5.41, 5.74) is 3.70. The van der Waals surface area contributed by atoms with Gasteiger partial charge in [-0.25, -0.2) is 14.4 Å². The van der Waals surface area contributed by atoms with Gasteiger partial charge in [-0.3, -0.25) is 9.78 Å². The number of allylic oxidation sites excluding steroid dienone is 1. The van der Waals surface area contributed by atoms with Gasteiger partial charge in [0.25, 0.3) is 5.91 Å². The SMILES string of the molecule is Cc1cc(-c2nc(/C=C\C=N)[nH]c2-c2ccnc(NC(=O)c3cccnc3)c2)ccc1F. The normalized spacial score (nSPS) is 10.9. The van der Waals surface area contributed by atoms with Crippen LogP contribution < -0.4 is 5.32 Å². The summed E-state index contributed by atoms with van der Waals surface area (Å²) < 4.78 is 13.8. The van der Waals surface area contributed by atoms with Crippen LogP contribution in [0.25, 0.3) is 28.6 Å². The van der Waals surface area contributed by atoms with E-state index in [-0.39, 0.29) is 11.7 Å². The van der Waals surface area contributed by atoms with E-state index in [2.05, 4.69) is 25.3 Å². The zero-order valence-corrected chi connectivity index (χ0v) is 17.1. The summed E-state index contributed by atoms with van der Waals surface area (Å²) >= 11 is 0. The lowest BCUT2D eigenvalue weighted by atomic mass is 10.0. The predicted octanol–water partition coefficient (Wildman–Crippen LogP) is 4.90. The Morgan fingerprint density at radius 3 is 2.78 bits per heavy atom. The number of imidazole rings is 1. The molecule has 0 unspecified atom stereocenters. The topological polar surface area (TPSA) is 107 Å². The number of hydrogen-bond donors (Lipinski definition) is 3. The summed E-state index contributed by atoms with van der Waals surface area (Å²) in [6.07, 6.45) is 9.03. The minimum Gasteiger partial charge on any atom is -0.338 e. The molecule has 0 aliphatic rings. The Labute approximate surface area is 183 Å². The number of aromatic nitrogens is 4. The standard InChI is InChI=1S/C24H19FN6O/c1-15-12-16(6-7-19(15)25)22-23(30-20(29-22)5-2-9-26)17-8-11-28-21(13-17)31-24(32)18-4-3-10-27-14-18/h2-14,26H,1H3,(H,29,30)(H,28,31,32)/b5-2-,26-9?. The fourth-order valence-electron chi connectivity index (χ4n) is 3.16. The van der Waals surface area contributed by atoms with Crippen LogP contribution in [0.4, 0.5) is 10.2 Å². The number of pyridine rings is 2. The Hall–Kier alpha value is -4.46. The molecule has 0 atom stereocenters. The Bertz CT molecular complexity index is 1310. The van der Waals surface area contributed by atoms with Crippen LogP contribution in [0.5, 0.6) is 0 Å². The molecule has 158 valence electrons. The van der Waals surface area contributed by atoms with E-state index in [1.54, 1.807) is 67.9 Å². The van der Waals surface area contributed by atoms with E-state index in [4.69, 9.17) is 5.41 Å². The van der Waals surface area contributed by atoms with Crippen molar-refractivity contribution >= 4 is 24.0 Å². The minimum absolute atomic E-state index is 0.293. The molecule has 0 spiro atoms. The van der Waals surface area contributed by atoms with Gasteiger partial charge in [-0.05, 0) is 67.1 Å². The van der Waals surface area contributed by atoms with E-state index < -0.39 is 0 Å². The van der Waals surface area contributed by atoms with Crippen LogP contribution in [0.15, 0.2) is 67.1 Å².